The fraction of sp³-hybridized carbons (Fsp3) is 0.556. The van der Waals surface area contributed by atoms with Crippen molar-refractivity contribution < 1.29 is 20.1 Å². The van der Waals surface area contributed by atoms with E-state index in [1.807, 2.05) is 0 Å². The molecule has 0 aromatic carbocycles. The van der Waals surface area contributed by atoms with E-state index in [9.17, 15) is 10.2 Å². The number of hydrogen-bond acceptors (Lipinski definition) is 8. The highest BCUT2D eigenvalue weighted by Gasteiger charge is 2.45. The highest BCUT2D eigenvalue weighted by molar-refractivity contribution is 5.34. The molecule has 1 aliphatic heterocycles. The molecule has 2 heterocycles. The van der Waals surface area contributed by atoms with E-state index in [-0.39, 0.29) is 11.4 Å². The van der Waals surface area contributed by atoms with Crippen molar-refractivity contribution in [2.75, 3.05) is 6.61 Å². The monoisotopic (exact) mass is 251 g/mol. The normalized spacial score (nSPS) is 30.9. The Labute approximate surface area is 101 Å². The van der Waals surface area contributed by atoms with Crippen LogP contribution < -0.4 is 0 Å². The van der Waals surface area contributed by atoms with Gasteiger partial charge in [0.25, 0.3) is 0 Å². The van der Waals surface area contributed by atoms with Crippen LogP contribution in [0.2, 0.25) is 0 Å². The van der Waals surface area contributed by atoms with Gasteiger partial charge in [0.1, 0.15) is 30.5 Å². The Morgan fingerprint density at radius 2 is 2.00 bits per heavy atom. The van der Waals surface area contributed by atoms with Crippen LogP contribution in [0.5, 0.6) is 0 Å². The van der Waals surface area contributed by atoms with Crippen molar-refractivity contribution in [3.8, 4) is 12.1 Å². The third-order valence-electron chi connectivity index (χ3n) is 2.66. The van der Waals surface area contributed by atoms with Gasteiger partial charge in [0, 0.05) is 0 Å². The van der Waals surface area contributed by atoms with Crippen molar-refractivity contribution in [1.29, 1.82) is 10.5 Å². The van der Waals surface area contributed by atoms with Crippen molar-refractivity contribution in [2.24, 2.45) is 0 Å². The summed E-state index contributed by atoms with van der Waals surface area (Å²) in [4.78, 5) is 0. The number of aromatic nitrogens is 3. The first-order valence-electron chi connectivity index (χ1n) is 5.01. The molecule has 1 aromatic rings. The zero-order valence-electron chi connectivity index (χ0n) is 9.00. The predicted octanol–water partition coefficient (Wildman–Crippen LogP) is -2.37. The predicted molar refractivity (Wildman–Crippen MR) is 52.5 cm³/mol. The summed E-state index contributed by atoms with van der Waals surface area (Å²) < 4.78 is 6.09. The van der Waals surface area contributed by atoms with Gasteiger partial charge in [-0.05, 0) is 0 Å². The van der Waals surface area contributed by atoms with Crippen LogP contribution in [0.15, 0.2) is 0 Å². The molecule has 9 nitrogen and oxygen atoms in total. The Morgan fingerprint density at radius 3 is 2.50 bits per heavy atom. The summed E-state index contributed by atoms with van der Waals surface area (Å²) in [5, 5.41) is 52.9. The van der Waals surface area contributed by atoms with Gasteiger partial charge >= 0.3 is 0 Å². The zero-order chi connectivity index (χ0) is 13.3. The fourth-order valence-corrected chi connectivity index (χ4v) is 1.73. The molecule has 1 aliphatic rings. The van der Waals surface area contributed by atoms with E-state index in [4.69, 9.17) is 20.4 Å². The highest BCUT2D eigenvalue weighted by Crippen LogP contribution is 2.29. The van der Waals surface area contributed by atoms with Gasteiger partial charge < -0.3 is 20.1 Å². The van der Waals surface area contributed by atoms with Crippen LogP contribution in [-0.4, -0.2) is 55.2 Å². The molecular weight excluding hydrogens is 242 g/mol. The SMILES string of the molecule is N#Cc1nnn(C2OC(CO)C(O)C2O)c1C#N. The van der Waals surface area contributed by atoms with Gasteiger partial charge in [-0.3, -0.25) is 0 Å². The van der Waals surface area contributed by atoms with Crippen molar-refractivity contribution in [1.82, 2.24) is 15.0 Å². The lowest BCUT2D eigenvalue weighted by Crippen LogP contribution is -2.33. The van der Waals surface area contributed by atoms with E-state index in [1.54, 1.807) is 12.1 Å². The third kappa shape index (κ3) is 1.72. The molecule has 0 bridgehead atoms. The van der Waals surface area contributed by atoms with Gasteiger partial charge in [-0.25, -0.2) is 4.68 Å². The molecule has 9 heteroatoms. The average Bonchev–Trinajstić information content (AvgIpc) is 2.92. The second-order valence-electron chi connectivity index (χ2n) is 3.68. The smallest absolute Gasteiger partial charge is 0.200 e. The highest BCUT2D eigenvalue weighted by atomic mass is 16.6. The second kappa shape index (κ2) is 4.68. The fourth-order valence-electron chi connectivity index (χ4n) is 1.73. The van der Waals surface area contributed by atoms with Gasteiger partial charge in [0.15, 0.2) is 11.9 Å². The van der Waals surface area contributed by atoms with Crippen molar-refractivity contribution in [3.05, 3.63) is 11.4 Å². The molecule has 94 valence electrons. The molecule has 2 rings (SSSR count). The van der Waals surface area contributed by atoms with Crippen molar-refractivity contribution in [3.63, 3.8) is 0 Å². The molecule has 1 saturated heterocycles. The van der Waals surface area contributed by atoms with Crippen LogP contribution in [0.1, 0.15) is 17.6 Å². The molecule has 3 N–H and O–H groups in total. The lowest BCUT2D eigenvalue weighted by molar-refractivity contribution is -0.0598. The molecule has 4 atom stereocenters. The largest absolute Gasteiger partial charge is 0.394 e. The molecule has 0 aliphatic carbocycles. The van der Waals surface area contributed by atoms with E-state index in [2.05, 4.69) is 10.3 Å². The molecule has 18 heavy (non-hydrogen) atoms. The van der Waals surface area contributed by atoms with E-state index in [0.717, 1.165) is 4.68 Å². The minimum atomic E-state index is -1.37. The summed E-state index contributed by atoms with van der Waals surface area (Å²) in [6.45, 7) is -0.490. The summed E-state index contributed by atoms with van der Waals surface area (Å²) in [6.07, 6.45) is -4.82. The number of ether oxygens (including phenoxy) is 1. The van der Waals surface area contributed by atoms with Crippen LogP contribution >= 0.6 is 0 Å². The first-order valence-corrected chi connectivity index (χ1v) is 5.01. The topological polar surface area (TPSA) is 148 Å². The summed E-state index contributed by atoms with van der Waals surface area (Å²) in [6, 6.07) is 3.40. The van der Waals surface area contributed by atoms with Gasteiger partial charge in [0.05, 0.1) is 6.61 Å². The van der Waals surface area contributed by atoms with Gasteiger partial charge in [-0.2, -0.15) is 10.5 Å². The van der Waals surface area contributed by atoms with E-state index >= 15 is 0 Å². The second-order valence-corrected chi connectivity index (χ2v) is 3.68. The lowest BCUT2D eigenvalue weighted by Gasteiger charge is -2.14. The van der Waals surface area contributed by atoms with E-state index < -0.39 is 31.1 Å². The Balaban J connectivity index is 2.37. The number of nitriles is 2. The van der Waals surface area contributed by atoms with Gasteiger partial charge in [-0.1, -0.05) is 5.21 Å². The average molecular weight is 251 g/mol. The van der Waals surface area contributed by atoms with Crippen molar-refractivity contribution >= 4 is 0 Å². The maximum atomic E-state index is 9.75. The maximum Gasteiger partial charge on any atom is 0.200 e. The van der Waals surface area contributed by atoms with E-state index in [0.29, 0.717) is 0 Å². The van der Waals surface area contributed by atoms with Crippen LogP contribution in [0.4, 0.5) is 0 Å². The zero-order valence-corrected chi connectivity index (χ0v) is 9.00. The lowest BCUT2D eigenvalue weighted by atomic mass is 10.1. The molecule has 0 saturated carbocycles. The molecule has 1 fully saturated rings. The Morgan fingerprint density at radius 1 is 1.28 bits per heavy atom. The van der Waals surface area contributed by atoms with E-state index in [1.165, 1.54) is 0 Å². The number of rotatable bonds is 2. The first kappa shape index (κ1) is 12.4. The van der Waals surface area contributed by atoms with Crippen LogP contribution in [0.25, 0.3) is 0 Å². The number of aliphatic hydroxyl groups excluding tert-OH is 3. The standard InChI is InChI=1S/C9H9N5O4/c10-1-4-5(2-11)14(13-12-4)9-8(17)7(16)6(3-15)18-9/h6-9,15-17H,3H2. The number of nitrogens with zero attached hydrogens (tertiary/aromatic N) is 5. The molecular formula is C9H9N5O4. The summed E-state index contributed by atoms with van der Waals surface area (Å²) in [7, 11) is 0. The quantitative estimate of drug-likeness (QED) is 0.528. The molecule has 4 unspecified atom stereocenters. The maximum absolute atomic E-state index is 9.75. The minimum absolute atomic E-state index is 0.174. The van der Waals surface area contributed by atoms with Gasteiger partial charge in [0.2, 0.25) is 5.69 Å². The summed E-state index contributed by atoms with van der Waals surface area (Å²) in [5.74, 6) is 0. The third-order valence-corrected chi connectivity index (χ3v) is 2.66. The van der Waals surface area contributed by atoms with Crippen LogP contribution in [0.3, 0.4) is 0 Å². The minimum Gasteiger partial charge on any atom is -0.394 e. The Kier molecular flexibility index (Phi) is 3.23. The first-order chi connectivity index (χ1) is 8.63. The summed E-state index contributed by atoms with van der Waals surface area (Å²) >= 11 is 0. The molecule has 0 spiro atoms. The molecule has 1 aromatic heterocycles. The Bertz CT molecular complexity index is 530. The van der Waals surface area contributed by atoms with Crippen molar-refractivity contribution in [2.45, 2.75) is 24.5 Å². The van der Waals surface area contributed by atoms with Gasteiger partial charge in [-0.15, -0.1) is 5.10 Å². The van der Waals surface area contributed by atoms with Crippen LogP contribution in [-0.2, 0) is 4.74 Å². The number of hydrogen-bond donors (Lipinski definition) is 3. The molecule has 0 radical (unpaired) electrons. The molecule has 0 amide bonds. The number of aliphatic hydroxyl groups is 3. The summed E-state index contributed by atoms with van der Waals surface area (Å²) in [5.41, 5.74) is -0.373. The van der Waals surface area contributed by atoms with Crippen LogP contribution in [0, 0.1) is 22.7 Å². The Hall–Kier alpha value is -2.04.